The van der Waals surface area contributed by atoms with E-state index in [1.54, 1.807) is 9.95 Å². The number of aryl methyl sites for hydroxylation is 1. The number of hydrogen-bond donors (Lipinski definition) is 1. The van der Waals surface area contributed by atoms with Crippen molar-refractivity contribution in [3.8, 4) is 11.5 Å². The second-order valence-electron chi connectivity index (χ2n) is 5.01. The van der Waals surface area contributed by atoms with E-state index in [0.717, 1.165) is 28.3 Å². The predicted octanol–water partition coefficient (Wildman–Crippen LogP) is 1.65. The minimum atomic E-state index is -0.0878. The van der Waals surface area contributed by atoms with Crippen molar-refractivity contribution >= 4 is 17.2 Å². The summed E-state index contributed by atoms with van der Waals surface area (Å²) < 4.78 is 12.2. The maximum absolute atomic E-state index is 11.9. The van der Waals surface area contributed by atoms with Crippen LogP contribution in [-0.4, -0.2) is 17.3 Å². The van der Waals surface area contributed by atoms with Gasteiger partial charge in [-0.25, -0.2) is 0 Å². The highest BCUT2D eigenvalue weighted by Gasteiger charge is 2.13. The van der Waals surface area contributed by atoms with Crippen LogP contribution in [0.25, 0.3) is 0 Å². The van der Waals surface area contributed by atoms with Gasteiger partial charge in [0.05, 0.1) is 0 Å². The molecule has 1 amide bonds. The number of nitrogens with zero attached hydrogens (tertiary/aromatic N) is 1. The third-order valence-corrected chi connectivity index (χ3v) is 4.35. The highest BCUT2D eigenvalue weighted by Crippen LogP contribution is 2.32. The summed E-state index contributed by atoms with van der Waals surface area (Å²) >= 11 is 1.15. The highest BCUT2D eigenvalue weighted by molar-refractivity contribution is 7.07. The van der Waals surface area contributed by atoms with Gasteiger partial charge in [-0.1, -0.05) is 17.4 Å². The lowest BCUT2D eigenvalue weighted by Gasteiger charge is -2.07. The Morgan fingerprint density at radius 1 is 1.36 bits per heavy atom. The van der Waals surface area contributed by atoms with Crippen LogP contribution >= 0.6 is 11.3 Å². The van der Waals surface area contributed by atoms with Gasteiger partial charge in [-0.2, -0.15) is 0 Å². The number of fused-ring (bicyclic) bond motifs is 1. The van der Waals surface area contributed by atoms with Crippen LogP contribution in [-0.2, 0) is 17.9 Å². The van der Waals surface area contributed by atoms with Crippen LogP contribution < -0.4 is 19.7 Å². The van der Waals surface area contributed by atoms with E-state index in [0.29, 0.717) is 18.8 Å². The monoisotopic (exact) mass is 320 g/mol. The topological polar surface area (TPSA) is 69.6 Å². The third kappa shape index (κ3) is 3.14. The van der Waals surface area contributed by atoms with Gasteiger partial charge in [-0.05, 0) is 24.6 Å². The number of rotatable bonds is 5. The molecule has 6 nitrogen and oxygen atoms in total. The Kier molecular flexibility index (Phi) is 4.15. The summed E-state index contributed by atoms with van der Waals surface area (Å²) in [5.74, 6) is 1.34. The molecule has 1 aromatic heterocycles. The van der Waals surface area contributed by atoms with Gasteiger partial charge in [-0.15, -0.1) is 0 Å². The third-order valence-electron chi connectivity index (χ3n) is 3.47. The first-order valence-electron chi connectivity index (χ1n) is 6.93. The van der Waals surface area contributed by atoms with Crippen LogP contribution in [0.1, 0.15) is 17.7 Å². The van der Waals surface area contributed by atoms with Crippen LogP contribution in [0.15, 0.2) is 28.4 Å². The maximum Gasteiger partial charge on any atom is 0.307 e. The van der Waals surface area contributed by atoms with Crippen LogP contribution in [0.5, 0.6) is 11.5 Å². The van der Waals surface area contributed by atoms with Crippen molar-refractivity contribution in [2.45, 2.75) is 26.4 Å². The fraction of sp³-hybridized carbons (Fsp3) is 0.333. The number of thiazole rings is 1. The first-order valence-corrected chi connectivity index (χ1v) is 7.81. The molecule has 0 atom stereocenters. The van der Waals surface area contributed by atoms with E-state index >= 15 is 0 Å². The molecule has 1 aromatic carbocycles. The Morgan fingerprint density at radius 2 is 2.18 bits per heavy atom. The molecule has 7 heteroatoms. The second-order valence-corrected chi connectivity index (χ2v) is 5.83. The van der Waals surface area contributed by atoms with Gasteiger partial charge < -0.3 is 19.4 Å². The minimum absolute atomic E-state index is 0.0268. The molecule has 0 unspecified atom stereocenters. The van der Waals surface area contributed by atoms with Gasteiger partial charge in [0.2, 0.25) is 12.7 Å². The van der Waals surface area contributed by atoms with E-state index in [2.05, 4.69) is 5.32 Å². The first-order chi connectivity index (χ1) is 10.6. The van der Waals surface area contributed by atoms with Crippen LogP contribution in [0.2, 0.25) is 0 Å². The lowest BCUT2D eigenvalue weighted by Crippen LogP contribution is -2.25. The lowest BCUT2D eigenvalue weighted by atomic mass is 10.2. The molecule has 2 heterocycles. The second kappa shape index (κ2) is 6.23. The van der Waals surface area contributed by atoms with Gasteiger partial charge in [0.15, 0.2) is 11.5 Å². The van der Waals surface area contributed by atoms with Crippen molar-refractivity contribution in [1.82, 2.24) is 9.88 Å². The summed E-state index contributed by atoms with van der Waals surface area (Å²) in [5, 5.41) is 4.64. The van der Waals surface area contributed by atoms with E-state index in [9.17, 15) is 9.59 Å². The summed E-state index contributed by atoms with van der Waals surface area (Å²) in [5.41, 5.74) is 1.83. The standard InChI is InChI=1S/C15H16N2O4S/c1-10-8-22-15(19)17(10)5-4-14(18)16-7-11-2-3-12-13(6-11)21-9-20-12/h2-3,6,8H,4-5,7,9H2,1H3,(H,16,18). The van der Waals surface area contributed by atoms with Crippen molar-refractivity contribution in [1.29, 1.82) is 0 Å². The van der Waals surface area contributed by atoms with Gasteiger partial charge in [-0.3, -0.25) is 9.59 Å². The van der Waals surface area contributed by atoms with Gasteiger partial charge in [0.1, 0.15) is 0 Å². The number of carbonyl (C=O) groups is 1. The average molecular weight is 320 g/mol. The Labute approximate surface area is 131 Å². The molecule has 116 valence electrons. The van der Waals surface area contributed by atoms with Crippen molar-refractivity contribution in [3.63, 3.8) is 0 Å². The van der Waals surface area contributed by atoms with Crippen LogP contribution in [0, 0.1) is 6.92 Å². The molecular weight excluding hydrogens is 304 g/mol. The van der Waals surface area contributed by atoms with Crippen LogP contribution in [0.3, 0.4) is 0 Å². The molecular formula is C15H16N2O4S. The van der Waals surface area contributed by atoms with Crippen LogP contribution in [0.4, 0.5) is 0 Å². The molecule has 0 saturated carbocycles. The molecule has 22 heavy (non-hydrogen) atoms. The molecule has 0 radical (unpaired) electrons. The average Bonchev–Trinajstić information content (AvgIpc) is 3.10. The molecule has 2 aromatic rings. The fourth-order valence-electron chi connectivity index (χ4n) is 2.23. The Hall–Kier alpha value is -2.28. The number of benzene rings is 1. The zero-order valence-electron chi connectivity index (χ0n) is 12.1. The SMILES string of the molecule is Cc1csc(=O)n1CCC(=O)NCc1ccc2c(c1)OCO2. The number of ether oxygens (including phenoxy) is 2. The summed E-state index contributed by atoms with van der Waals surface area (Å²) in [7, 11) is 0. The Bertz CT molecular complexity index is 750. The Balaban J connectivity index is 1.51. The maximum atomic E-state index is 11.9. The molecule has 0 bridgehead atoms. The molecule has 1 aliphatic rings. The zero-order chi connectivity index (χ0) is 15.5. The fourth-order valence-corrected chi connectivity index (χ4v) is 2.99. The summed E-state index contributed by atoms with van der Waals surface area (Å²) in [6.07, 6.45) is 0.280. The normalized spacial score (nSPS) is 12.4. The quantitative estimate of drug-likeness (QED) is 0.909. The van der Waals surface area contributed by atoms with E-state index in [1.165, 1.54) is 0 Å². The summed E-state index contributed by atoms with van der Waals surface area (Å²) in [4.78, 5) is 23.4. The Morgan fingerprint density at radius 3 is 2.95 bits per heavy atom. The van der Waals surface area contributed by atoms with E-state index in [4.69, 9.17) is 9.47 Å². The number of hydrogen-bond acceptors (Lipinski definition) is 5. The van der Waals surface area contributed by atoms with Crippen molar-refractivity contribution in [2.75, 3.05) is 6.79 Å². The summed E-state index contributed by atoms with van der Waals surface area (Å²) in [6.45, 7) is 2.93. The minimum Gasteiger partial charge on any atom is -0.454 e. The largest absolute Gasteiger partial charge is 0.454 e. The molecule has 0 spiro atoms. The van der Waals surface area contributed by atoms with Crippen molar-refractivity contribution in [3.05, 3.63) is 44.5 Å². The predicted molar refractivity (Wildman–Crippen MR) is 82.3 cm³/mol. The molecule has 3 rings (SSSR count). The highest BCUT2D eigenvalue weighted by atomic mass is 32.1. The van der Waals surface area contributed by atoms with Crippen molar-refractivity contribution < 1.29 is 14.3 Å². The number of carbonyl (C=O) groups excluding carboxylic acids is 1. The molecule has 1 N–H and O–H groups in total. The van der Waals surface area contributed by atoms with Gasteiger partial charge in [0.25, 0.3) is 0 Å². The van der Waals surface area contributed by atoms with E-state index in [1.807, 2.05) is 25.1 Å². The number of nitrogens with one attached hydrogen (secondary N) is 1. The zero-order valence-corrected chi connectivity index (χ0v) is 12.9. The molecule has 0 aliphatic carbocycles. The van der Waals surface area contributed by atoms with E-state index < -0.39 is 0 Å². The van der Waals surface area contributed by atoms with Crippen molar-refractivity contribution in [2.24, 2.45) is 0 Å². The van der Waals surface area contributed by atoms with E-state index in [-0.39, 0.29) is 24.0 Å². The number of amides is 1. The lowest BCUT2D eigenvalue weighted by molar-refractivity contribution is -0.121. The molecule has 0 saturated heterocycles. The molecule has 0 fully saturated rings. The summed E-state index contributed by atoms with van der Waals surface area (Å²) in [6, 6.07) is 5.58. The molecule has 1 aliphatic heterocycles. The number of aromatic nitrogens is 1. The smallest absolute Gasteiger partial charge is 0.307 e. The van der Waals surface area contributed by atoms with Gasteiger partial charge >= 0.3 is 4.87 Å². The first kappa shape index (κ1) is 14.6. The van der Waals surface area contributed by atoms with Gasteiger partial charge in [0, 0.05) is 30.6 Å².